The molecule has 0 aliphatic rings. The number of hydrogen-bond acceptors (Lipinski definition) is 2. The van der Waals surface area contributed by atoms with Gasteiger partial charge in [-0.25, -0.2) is 4.99 Å². The first-order valence-corrected chi connectivity index (χ1v) is 7.37. The standard InChI is InChI=1S/C16H23N5/c1-2-3-9-18-16(17)19-10-15-11-20-21(13-15)12-14-7-5-4-6-8-14/h4-8,11,13H,2-3,9-10,12H2,1H3,(H3,17,18,19). The molecule has 5 nitrogen and oxygen atoms in total. The summed E-state index contributed by atoms with van der Waals surface area (Å²) < 4.78 is 1.92. The monoisotopic (exact) mass is 285 g/mol. The number of hydrogen-bond donors (Lipinski definition) is 2. The smallest absolute Gasteiger partial charge is 0.188 e. The summed E-state index contributed by atoms with van der Waals surface area (Å²) in [5, 5.41) is 7.45. The molecule has 0 amide bonds. The van der Waals surface area contributed by atoms with Crippen molar-refractivity contribution < 1.29 is 0 Å². The normalized spacial score (nSPS) is 11.6. The second-order valence-corrected chi connectivity index (χ2v) is 5.01. The number of guanidine groups is 1. The van der Waals surface area contributed by atoms with Gasteiger partial charge in [-0.05, 0) is 12.0 Å². The van der Waals surface area contributed by atoms with Crippen LogP contribution in [0, 0.1) is 0 Å². The van der Waals surface area contributed by atoms with E-state index in [-0.39, 0.29) is 0 Å². The molecule has 0 radical (unpaired) electrons. The summed E-state index contributed by atoms with van der Waals surface area (Å²) in [6, 6.07) is 10.3. The number of unbranched alkanes of at least 4 members (excludes halogenated alkanes) is 1. The van der Waals surface area contributed by atoms with E-state index < -0.39 is 0 Å². The van der Waals surface area contributed by atoms with Gasteiger partial charge in [-0.3, -0.25) is 4.68 Å². The largest absolute Gasteiger partial charge is 0.370 e. The number of benzene rings is 1. The van der Waals surface area contributed by atoms with Crippen LogP contribution in [0.4, 0.5) is 0 Å². The van der Waals surface area contributed by atoms with E-state index in [1.807, 2.05) is 35.3 Å². The highest BCUT2D eigenvalue weighted by Gasteiger charge is 1.99. The summed E-state index contributed by atoms with van der Waals surface area (Å²) in [4.78, 5) is 4.32. The second-order valence-electron chi connectivity index (χ2n) is 5.01. The first-order chi connectivity index (χ1) is 10.3. The Kier molecular flexibility index (Phi) is 5.82. The van der Waals surface area contributed by atoms with Gasteiger partial charge < -0.3 is 11.1 Å². The highest BCUT2D eigenvalue weighted by Crippen LogP contribution is 2.04. The zero-order valence-electron chi connectivity index (χ0n) is 12.5. The molecule has 0 saturated heterocycles. The van der Waals surface area contributed by atoms with Crippen molar-refractivity contribution in [2.45, 2.75) is 32.9 Å². The van der Waals surface area contributed by atoms with Gasteiger partial charge in [-0.1, -0.05) is 43.7 Å². The third-order valence-electron chi connectivity index (χ3n) is 3.14. The van der Waals surface area contributed by atoms with Crippen LogP contribution in [0.25, 0.3) is 0 Å². The van der Waals surface area contributed by atoms with Gasteiger partial charge in [0.05, 0.1) is 19.3 Å². The molecule has 0 aliphatic heterocycles. The van der Waals surface area contributed by atoms with Crippen LogP contribution in [0.5, 0.6) is 0 Å². The molecule has 2 rings (SSSR count). The van der Waals surface area contributed by atoms with Crippen LogP contribution in [0.2, 0.25) is 0 Å². The van der Waals surface area contributed by atoms with Crippen LogP contribution in [0.15, 0.2) is 47.7 Å². The summed E-state index contributed by atoms with van der Waals surface area (Å²) in [5.74, 6) is 0.499. The van der Waals surface area contributed by atoms with Gasteiger partial charge in [0.2, 0.25) is 0 Å². The van der Waals surface area contributed by atoms with Crippen molar-refractivity contribution in [1.82, 2.24) is 15.1 Å². The summed E-state index contributed by atoms with van der Waals surface area (Å²) >= 11 is 0. The van der Waals surface area contributed by atoms with Crippen molar-refractivity contribution in [3.63, 3.8) is 0 Å². The molecular formula is C16H23N5. The average molecular weight is 285 g/mol. The van der Waals surface area contributed by atoms with E-state index in [1.54, 1.807) is 0 Å². The Bertz CT molecular complexity index is 559. The number of nitrogens with one attached hydrogen (secondary N) is 1. The Balaban J connectivity index is 1.84. The van der Waals surface area contributed by atoms with Gasteiger partial charge in [0, 0.05) is 18.3 Å². The van der Waals surface area contributed by atoms with Crippen LogP contribution < -0.4 is 11.1 Å². The van der Waals surface area contributed by atoms with Crippen molar-refractivity contribution in [2.75, 3.05) is 6.54 Å². The molecule has 21 heavy (non-hydrogen) atoms. The van der Waals surface area contributed by atoms with E-state index in [9.17, 15) is 0 Å². The maximum atomic E-state index is 5.80. The molecule has 0 aliphatic carbocycles. The lowest BCUT2D eigenvalue weighted by atomic mass is 10.2. The van der Waals surface area contributed by atoms with Crippen molar-refractivity contribution in [3.8, 4) is 0 Å². The van der Waals surface area contributed by atoms with E-state index in [0.29, 0.717) is 12.5 Å². The average Bonchev–Trinajstić information content (AvgIpc) is 2.94. The van der Waals surface area contributed by atoms with E-state index in [0.717, 1.165) is 31.5 Å². The molecule has 112 valence electrons. The van der Waals surface area contributed by atoms with Gasteiger partial charge >= 0.3 is 0 Å². The fourth-order valence-corrected chi connectivity index (χ4v) is 1.97. The fourth-order valence-electron chi connectivity index (χ4n) is 1.97. The molecule has 5 heteroatoms. The zero-order chi connectivity index (χ0) is 14.9. The lowest BCUT2D eigenvalue weighted by molar-refractivity contribution is 0.686. The quantitative estimate of drug-likeness (QED) is 0.465. The minimum Gasteiger partial charge on any atom is -0.370 e. The van der Waals surface area contributed by atoms with Gasteiger partial charge in [-0.2, -0.15) is 5.10 Å². The summed E-state index contributed by atoms with van der Waals surface area (Å²) in [7, 11) is 0. The second kappa shape index (κ2) is 8.09. The number of nitrogens with two attached hydrogens (primary N) is 1. The molecule has 3 N–H and O–H groups in total. The SMILES string of the molecule is CCCCNC(N)=NCc1cnn(Cc2ccccc2)c1. The lowest BCUT2D eigenvalue weighted by Gasteiger charge is -2.03. The highest BCUT2D eigenvalue weighted by atomic mass is 15.3. The molecule has 1 heterocycles. The van der Waals surface area contributed by atoms with Crippen molar-refractivity contribution in [1.29, 1.82) is 0 Å². The first-order valence-electron chi connectivity index (χ1n) is 7.37. The van der Waals surface area contributed by atoms with Crippen molar-refractivity contribution in [2.24, 2.45) is 10.7 Å². The molecule has 0 unspecified atom stereocenters. The Labute approximate surface area is 125 Å². The molecule has 0 atom stereocenters. The minimum atomic E-state index is 0.499. The maximum Gasteiger partial charge on any atom is 0.188 e. The van der Waals surface area contributed by atoms with Crippen LogP contribution in [-0.4, -0.2) is 22.3 Å². The van der Waals surface area contributed by atoms with Crippen LogP contribution in [0.3, 0.4) is 0 Å². The first kappa shape index (κ1) is 15.1. The fraction of sp³-hybridized carbons (Fsp3) is 0.375. The number of nitrogens with zero attached hydrogens (tertiary/aromatic N) is 3. The van der Waals surface area contributed by atoms with Gasteiger partial charge in [-0.15, -0.1) is 0 Å². The number of aliphatic imine (C=N–C) groups is 1. The summed E-state index contributed by atoms with van der Waals surface area (Å²) in [6.07, 6.45) is 6.10. The van der Waals surface area contributed by atoms with E-state index >= 15 is 0 Å². The predicted octanol–water partition coefficient (Wildman–Crippen LogP) is 2.14. The third-order valence-corrected chi connectivity index (χ3v) is 3.14. The van der Waals surface area contributed by atoms with Crippen molar-refractivity contribution in [3.05, 3.63) is 53.9 Å². The molecule has 1 aromatic carbocycles. The van der Waals surface area contributed by atoms with Crippen LogP contribution in [-0.2, 0) is 13.1 Å². The summed E-state index contributed by atoms with van der Waals surface area (Å²) in [5.41, 5.74) is 8.10. The highest BCUT2D eigenvalue weighted by molar-refractivity contribution is 5.77. The van der Waals surface area contributed by atoms with Gasteiger partial charge in [0.25, 0.3) is 0 Å². The number of aromatic nitrogens is 2. The number of rotatable bonds is 7. The minimum absolute atomic E-state index is 0.499. The Morgan fingerprint density at radius 2 is 2.10 bits per heavy atom. The molecule has 0 spiro atoms. The van der Waals surface area contributed by atoms with E-state index in [2.05, 4.69) is 34.5 Å². The molecule has 2 aromatic rings. The van der Waals surface area contributed by atoms with E-state index in [4.69, 9.17) is 5.73 Å². The van der Waals surface area contributed by atoms with Crippen LogP contribution >= 0.6 is 0 Å². The molecule has 0 bridgehead atoms. The zero-order valence-corrected chi connectivity index (χ0v) is 12.5. The lowest BCUT2D eigenvalue weighted by Crippen LogP contribution is -2.32. The third kappa shape index (κ3) is 5.30. The molecule has 1 aromatic heterocycles. The van der Waals surface area contributed by atoms with Gasteiger partial charge in [0.15, 0.2) is 5.96 Å². The Morgan fingerprint density at radius 3 is 2.86 bits per heavy atom. The molecule has 0 saturated carbocycles. The topological polar surface area (TPSA) is 68.2 Å². The van der Waals surface area contributed by atoms with E-state index in [1.165, 1.54) is 5.56 Å². The van der Waals surface area contributed by atoms with Crippen LogP contribution in [0.1, 0.15) is 30.9 Å². The Hall–Kier alpha value is -2.30. The summed E-state index contributed by atoms with van der Waals surface area (Å²) in [6.45, 7) is 4.35. The molecular weight excluding hydrogens is 262 g/mol. The molecule has 0 fully saturated rings. The Morgan fingerprint density at radius 1 is 1.29 bits per heavy atom. The maximum absolute atomic E-state index is 5.80. The van der Waals surface area contributed by atoms with Crippen molar-refractivity contribution >= 4 is 5.96 Å². The predicted molar refractivity (Wildman–Crippen MR) is 86.0 cm³/mol. The van der Waals surface area contributed by atoms with Gasteiger partial charge in [0.1, 0.15) is 0 Å².